The molecule has 0 spiro atoms. The Bertz CT molecular complexity index is 332. The van der Waals surface area contributed by atoms with Crippen LogP contribution in [0, 0.1) is 11.3 Å². The van der Waals surface area contributed by atoms with Crippen LogP contribution in [0.4, 0.5) is 0 Å². The molecule has 0 saturated carbocycles. The second-order valence-corrected chi connectivity index (χ2v) is 6.51. The molecule has 0 unspecified atom stereocenters. The summed E-state index contributed by atoms with van der Waals surface area (Å²) in [6.45, 7) is 8.49. The summed E-state index contributed by atoms with van der Waals surface area (Å²) in [6, 6.07) is 0. The van der Waals surface area contributed by atoms with Gasteiger partial charge in [-0.1, -0.05) is 13.8 Å². The lowest BCUT2D eigenvalue weighted by Gasteiger charge is -2.37. The van der Waals surface area contributed by atoms with E-state index in [1.54, 1.807) is 11.3 Å². The zero-order valence-electron chi connectivity index (χ0n) is 11.4. The Morgan fingerprint density at radius 1 is 1.44 bits per heavy atom. The van der Waals surface area contributed by atoms with Crippen molar-refractivity contribution >= 4 is 11.3 Å². The van der Waals surface area contributed by atoms with Gasteiger partial charge in [0.25, 0.3) is 0 Å². The van der Waals surface area contributed by atoms with Gasteiger partial charge in [0, 0.05) is 25.1 Å². The molecule has 4 heteroatoms. The SMILES string of the molecule is CC(C)CNCC1(Cc2cscn2)CCOCC1. The highest BCUT2D eigenvalue weighted by atomic mass is 32.1. The smallest absolute Gasteiger partial charge is 0.0794 e. The largest absolute Gasteiger partial charge is 0.381 e. The van der Waals surface area contributed by atoms with Crippen molar-refractivity contribution in [2.24, 2.45) is 11.3 Å². The second-order valence-electron chi connectivity index (χ2n) is 5.79. The first-order valence-corrected chi connectivity index (χ1v) is 7.80. The number of hydrogen-bond acceptors (Lipinski definition) is 4. The van der Waals surface area contributed by atoms with Crippen LogP contribution in [0.25, 0.3) is 0 Å². The average Bonchev–Trinajstić information content (AvgIpc) is 2.82. The molecule has 1 N–H and O–H groups in total. The van der Waals surface area contributed by atoms with Gasteiger partial charge in [-0.25, -0.2) is 4.98 Å². The van der Waals surface area contributed by atoms with Gasteiger partial charge in [-0.2, -0.15) is 0 Å². The first kappa shape index (κ1) is 14.0. The molecule has 1 saturated heterocycles. The van der Waals surface area contributed by atoms with E-state index < -0.39 is 0 Å². The molecule has 102 valence electrons. The molecule has 0 bridgehead atoms. The van der Waals surface area contributed by atoms with Gasteiger partial charge in [-0.15, -0.1) is 11.3 Å². The van der Waals surface area contributed by atoms with E-state index in [2.05, 4.69) is 29.5 Å². The van der Waals surface area contributed by atoms with E-state index in [9.17, 15) is 0 Å². The maximum atomic E-state index is 5.53. The molecule has 2 rings (SSSR count). The zero-order valence-corrected chi connectivity index (χ0v) is 12.3. The van der Waals surface area contributed by atoms with Gasteiger partial charge in [0.05, 0.1) is 11.2 Å². The number of rotatable bonds is 6. The van der Waals surface area contributed by atoms with Crippen LogP contribution in [0.2, 0.25) is 0 Å². The van der Waals surface area contributed by atoms with Crippen molar-refractivity contribution in [3.8, 4) is 0 Å². The standard InChI is InChI=1S/C14H24N2OS/c1-12(2)8-15-10-14(3-5-17-6-4-14)7-13-9-18-11-16-13/h9,11-12,15H,3-8,10H2,1-2H3. The van der Waals surface area contributed by atoms with E-state index in [0.29, 0.717) is 11.3 Å². The quantitative estimate of drug-likeness (QED) is 0.861. The van der Waals surface area contributed by atoms with Gasteiger partial charge in [0.1, 0.15) is 0 Å². The number of nitrogens with one attached hydrogen (secondary N) is 1. The summed E-state index contributed by atoms with van der Waals surface area (Å²) in [5.74, 6) is 0.709. The summed E-state index contributed by atoms with van der Waals surface area (Å²) < 4.78 is 5.53. The van der Waals surface area contributed by atoms with Gasteiger partial charge < -0.3 is 10.1 Å². The number of aromatic nitrogens is 1. The lowest BCUT2D eigenvalue weighted by atomic mass is 9.76. The maximum Gasteiger partial charge on any atom is 0.0794 e. The second kappa shape index (κ2) is 6.64. The fraction of sp³-hybridized carbons (Fsp3) is 0.786. The number of hydrogen-bond donors (Lipinski definition) is 1. The van der Waals surface area contributed by atoms with E-state index in [1.165, 1.54) is 5.69 Å². The van der Waals surface area contributed by atoms with Crippen molar-refractivity contribution < 1.29 is 4.74 Å². The van der Waals surface area contributed by atoms with Gasteiger partial charge in [0.2, 0.25) is 0 Å². The third-order valence-corrected chi connectivity index (χ3v) is 4.28. The van der Waals surface area contributed by atoms with Crippen molar-refractivity contribution in [1.29, 1.82) is 0 Å². The highest BCUT2D eigenvalue weighted by molar-refractivity contribution is 7.07. The number of thiazole rings is 1. The zero-order chi connectivity index (χ0) is 12.8. The minimum atomic E-state index is 0.348. The molecule has 2 heterocycles. The normalized spacial score (nSPS) is 19.3. The van der Waals surface area contributed by atoms with E-state index in [-0.39, 0.29) is 0 Å². The highest BCUT2D eigenvalue weighted by Crippen LogP contribution is 2.33. The van der Waals surface area contributed by atoms with Crippen LogP contribution in [0.15, 0.2) is 10.9 Å². The summed E-state index contributed by atoms with van der Waals surface area (Å²) in [5, 5.41) is 5.81. The molecule has 0 aliphatic carbocycles. The van der Waals surface area contributed by atoms with E-state index in [1.807, 2.05) is 5.51 Å². The number of nitrogens with zero attached hydrogens (tertiary/aromatic N) is 1. The topological polar surface area (TPSA) is 34.2 Å². The summed E-state index contributed by atoms with van der Waals surface area (Å²) in [6.07, 6.45) is 3.39. The Morgan fingerprint density at radius 2 is 2.22 bits per heavy atom. The third-order valence-electron chi connectivity index (χ3n) is 3.65. The van der Waals surface area contributed by atoms with Crippen LogP contribution in [-0.2, 0) is 11.2 Å². The lowest BCUT2D eigenvalue weighted by molar-refractivity contribution is 0.0143. The number of ether oxygens (including phenoxy) is 1. The summed E-state index contributed by atoms with van der Waals surface area (Å²) in [5.41, 5.74) is 3.53. The Labute approximate surface area is 114 Å². The van der Waals surface area contributed by atoms with Crippen molar-refractivity contribution in [2.75, 3.05) is 26.3 Å². The molecular formula is C14H24N2OS. The molecule has 0 radical (unpaired) electrons. The summed E-state index contributed by atoms with van der Waals surface area (Å²) in [7, 11) is 0. The molecule has 0 amide bonds. The molecule has 0 atom stereocenters. The first-order chi connectivity index (χ1) is 8.70. The average molecular weight is 268 g/mol. The van der Waals surface area contributed by atoms with Crippen LogP contribution >= 0.6 is 11.3 Å². The molecular weight excluding hydrogens is 244 g/mol. The van der Waals surface area contributed by atoms with E-state index in [4.69, 9.17) is 4.74 Å². The van der Waals surface area contributed by atoms with E-state index in [0.717, 1.165) is 45.6 Å². The minimum absolute atomic E-state index is 0.348. The molecule has 0 aromatic carbocycles. The molecule has 1 aromatic heterocycles. The molecule has 1 aliphatic heterocycles. The Balaban J connectivity index is 1.94. The fourth-order valence-electron chi connectivity index (χ4n) is 2.56. The Hall–Kier alpha value is -0.450. The first-order valence-electron chi connectivity index (χ1n) is 6.86. The van der Waals surface area contributed by atoms with Crippen LogP contribution < -0.4 is 5.32 Å². The molecule has 1 fully saturated rings. The fourth-order valence-corrected chi connectivity index (χ4v) is 3.11. The van der Waals surface area contributed by atoms with Crippen LogP contribution in [0.1, 0.15) is 32.4 Å². The van der Waals surface area contributed by atoms with Gasteiger partial charge in [0.15, 0.2) is 0 Å². The van der Waals surface area contributed by atoms with Crippen LogP contribution in [0.3, 0.4) is 0 Å². The van der Waals surface area contributed by atoms with E-state index >= 15 is 0 Å². The predicted molar refractivity (Wildman–Crippen MR) is 76.0 cm³/mol. The van der Waals surface area contributed by atoms with Crippen LogP contribution in [-0.4, -0.2) is 31.3 Å². The Morgan fingerprint density at radius 3 is 2.83 bits per heavy atom. The maximum absolute atomic E-state index is 5.53. The molecule has 3 nitrogen and oxygen atoms in total. The Kier molecular flexibility index (Phi) is 5.15. The van der Waals surface area contributed by atoms with Crippen LogP contribution in [0.5, 0.6) is 0 Å². The monoisotopic (exact) mass is 268 g/mol. The van der Waals surface area contributed by atoms with Gasteiger partial charge in [-0.3, -0.25) is 0 Å². The predicted octanol–water partition coefficient (Wildman–Crippen LogP) is 2.73. The van der Waals surface area contributed by atoms with Gasteiger partial charge >= 0.3 is 0 Å². The summed E-state index contributed by atoms with van der Waals surface area (Å²) in [4.78, 5) is 4.45. The van der Waals surface area contributed by atoms with Crippen molar-refractivity contribution in [2.45, 2.75) is 33.1 Å². The lowest BCUT2D eigenvalue weighted by Crippen LogP contribution is -2.41. The van der Waals surface area contributed by atoms with Crippen molar-refractivity contribution in [3.05, 3.63) is 16.6 Å². The minimum Gasteiger partial charge on any atom is -0.381 e. The molecule has 1 aromatic rings. The van der Waals surface area contributed by atoms with Gasteiger partial charge in [-0.05, 0) is 37.1 Å². The van der Waals surface area contributed by atoms with Crippen molar-refractivity contribution in [1.82, 2.24) is 10.3 Å². The molecule has 1 aliphatic rings. The van der Waals surface area contributed by atoms with Crippen molar-refractivity contribution in [3.63, 3.8) is 0 Å². The highest BCUT2D eigenvalue weighted by Gasteiger charge is 2.33. The third kappa shape index (κ3) is 4.04. The summed E-state index contributed by atoms with van der Waals surface area (Å²) >= 11 is 1.69. The molecule has 18 heavy (non-hydrogen) atoms.